The van der Waals surface area contributed by atoms with Gasteiger partial charge in [-0.25, -0.2) is 4.39 Å². The van der Waals surface area contributed by atoms with Crippen LogP contribution in [0, 0.1) is 5.82 Å². The van der Waals surface area contributed by atoms with E-state index in [0.717, 1.165) is 4.47 Å². The molecule has 2 heterocycles. The molecule has 1 aliphatic heterocycles. The molecule has 1 aliphatic rings. The fourth-order valence-electron chi connectivity index (χ4n) is 3.21. The van der Waals surface area contributed by atoms with Gasteiger partial charge in [-0.1, -0.05) is 45.9 Å². The molecule has 0 bridgehead atoms. The molecule has 1 saturated heterocycles. The highest BCUT2D eigenvalue weighted by molar-refractivity contribution is 9.10. The van der Waals surface area contributed by atoms with Gasteiger partial charge in [0.1, 0.15) is 5.82 Å². The zero-order valence-corrected chi connectivity index (χ0v) is 18.7. The largest absolute Gasteiger partial charge is 0.378 e. The number of carbonyl (C=O) groups excluding carboxylic acids is 1. The van der Waals surface area contributed by atoms with Crippen molar-refractivity contribution in [2.45, 2.75) is 17.3 Å². The van der Waals surface area contributed by atoms with Gasteiger partial charge in [-0.2, -0.15) is 0 Å². The van der Waals surface area contributed by atoms with Gasteiger partial charge >= 0.3 is 0 Å². The SMILES string of the molecule is CC(Sc1nnc(N2CCOCC2)n1-c1cccc(F)c1)C(=O)c1ccc(Br)cc1. The Balaban J connectivity index is 1.66. The first kappa shape index (κ1) is 21.0. The molecule has 1 fully saturated rings. The number of ketones is 1. The first-order chi connectivity index (χ1) is 14.5. The third-order valence-corrected chi connectivity index (χ3v) is 6.33. The van der Waals surface area contributed by atoms with E-state index in [-0.39, 0.29) is 16.9 Å². The van der Waals surface area contributed by atoms with Crippen molar-refractivity contribution in [2.24, 2.45) is 0 Å². The van der Waals surface area contributed by atoms with Crippen LogP contribution in [0.25, 0.3) is 5.69 Å². The molecular formula is C21H20BrFN4O2S. The summed E-state index contributed by atoms with van der Waals surface area (Å²) in [4.78, 5) is 15.0. The molecule has 0 N–H and O–H groups in total. The molecule has 9 heteroatoms. The number of benzene rings is 2. The van der Waals surface area contributed by atoms with Crippen molar-refractivity contribution in [2.75, 3.05) is 31.2 Å². The number of thioether (sulfide) groups is 1. The Morgan fingerprint density at radius 1 is 1.17 bits per heavy atom. The monoisotopic (exact) mass is 490 g/mol. The summed E-state index contributed by atoms with van der Waals surface area (Å²) in [5.41, 5.74) is 1.25. The summed E-state index contributed by atoms with van der Waals surface area (Å²) in [6.07, 6.45) is 0. The van der Waals surface area contributed by atoms with Crippen LogP contribution in [0.15, 0.2) is 58.2 Å². The predicted octanol–water partition coefficient (Wildman–Crippen LogP) is 4.37. The van der Waals surface area contributed by atoms with Crippen LogP contribution >= 0.6 is 27.7 Å². The zero-order valence-electron chi connectivity index (χ0n) is 16.3. The molecule has 0 spiro atoms. The Kier molecular flexibility index (Phi) is 6.50. The number of hydrogen-bond acceptors (Lipinski definition) is 6. The van der Waals surface area contributed by atoms with Gasteiger partial charge in [-0.05, 0) is 37.3 Å². The molecule has 0 saturated carbocycles. The molecule has 6 nitrogen and oxygen atoms in total. The Morgan fingerprint density at radius 2 is 1.90 bits per heavy atom. The number of ether oxygens (including phenoxy) is 1. The fraction of sp³-hybridized carbons (Fsp3) is 0.286. The van der Waals surface area contributed by atoms with Gasteiger partial charge in [0.2, 0.25) is 5.95 Å². The highest BCUT2D eigenvalue weighted by Gasteiger charge is 2.25. The van der Waals surface area contributed by atoms with Crippen molar-refractivity contribution in [3.05, 3.63) is 64.4 Å². The molecule has 30 heavy (non-hydrogen) atoms. The molecule has 156 valence electrons. The lowest BCUT2D eigenvalue weighted by atomic mass is 10.1. The predicted molar refractivity (Wildman–Crippen MR) is 118 cm³/mol. The molecule has 2 aromatic carbocycles. The van der Waals surface area contributed by atoms with Gasteiger partial charge in [-0.15, -0.1) is 10.2 Å². The second-order valence-corrected chi connectivity index (χ2v) is 9.05. The lowest BCUT2D eigenvalue weighted by Gasteiger charge is -2.28. The minimum absolute atomic E-state index is 0.00536. The number of nitrogens with zero attached hydrogens (tertiary/aromatic N) is 4. The summed E-state index contributed by atoms with van der Waals surface area (Å²) in [7, 11) is 0. The summed E-state index contributed by atoms with van der Waals surface area (Å²) in [5, 5.41) is 8.86. The number of Topliss-reactive ketones (excluding diaryl/α,β-unsaturated/α-hetero) is 1. The van der Waals surface area contributed by atoms with Crippen molar-refractivity contribution in [3.8, 4) is 5.69 Å². The quantitative estimate of drug-likeness (QED) is 0.377. The van der Waals surface area contributed by atoms with E-state index in [9.17, 15) is 9.18 Å². The maximum Gasteiger partial charge on any atom is 0.232 e. The van der Waals surface area contributed by atoms with E-state index in [1.165, 1.54) is 23.9 Å². The average molecular weight is 491 g/mol. The third-order valence-electron chi connectivity index (χ3n) is 4.76. The normalized spacial score (nSPS) is 15.2. The first-order valence-electron chi connectivity index (χ1n) is 9.53. The van der Waals surface area contributed by atoms with E-state index < -0.39 is 0 Å². The van der Waals surface area contributed by atoms with Crippen LogP contribution in [0.5, 0.6) is 0 Å². The fourth-order valence-corrected chi connectivity index (χ4v) is 4.41. The van der Waals surface area contributed by atoms with Crippen LogP contribution in [-0.2, 0) is 4.74 Å². The van der Waals surface area contributed by atoms with Crippen LogP contribution in [0.4, 0.5) is 10.3 Å². The topological polar surface area (TPSA) is 60.2 Å². The summed E-state index contributed by atoms with van der Waals surface area (Å²) < 4.78 is 22.1. The molecule has 3 aromatic rings. The molecule has 1 aromatic heterocycles. The second kappa shape index (κ2) is 9.28. The smallest absolute Gasteiger partial charge is 0.232 e. The summed E-state index contributed by atoms with van der Waals surface area (Å²) in [5.74, 6) is 0.271. The van der Waals surface area contributed by atoms with Crippen molar-refractivity contribution >= 4 is 39.4 Å². The Morgan fingerprint density at radius 3 is 2.60 bits per heavy atom. The molecule has 0 amide bonds. The molecular weight excluding hydrogens is 471 g/mol. The van der Waals surface area contributed by atoms with Gasteiger partial charge in [0.05, 0.1) is 24.2 Å². The molecule has 1 unspecified atom stereocenters. The van der Waals surface area contributed by atoms with Gasteiger partial charge < -0.3 is 9.64 Å². The van der Waals surface area contributed by atoms with Crippen LogP contribution < -0.4 is 4.90 Å². The average Bonchev–Trinajstić information content (AvgIpc) is 3.18. The summed E-state index contributed by atoms with van der Waals surface area (Å²) in [6.45, 7) is 4.37. The minimum atomic E-state index is -0.389. The summed E-state index contributed by atoms with van der Waals surface area (Å²) in [6, 6.07) is 13.6. The summed E-state index contributed by atoms with van der Waals surface area (Å²) >= 11 is 4.70. The number of hydrogen-bond donors (Lipinski definition) is 0. The van der Waals surface area contributed by atoms with E-state index >= 15 is 0 Å². The second-order valence-electron chi connectivity index (χ2n) is 6.83. The number of rotatable bonds is 6. The van der Waals surface area contributed by atoms with Crippen molar-refractivity contribution in [3.63, 3.8) is 0 Å². The van der Waals surface area contributed by atoms with E-state index in [2.05, 4.69) is 31.0 Å². The number of morpholine rings is 1. The first-order valence-corrected chi connectivity index (χ1v) is 11.2. The Labute approximate surface area is 186 Å². The van der Waals surface area contributed by atoms with Gasteiger partial charge in [0.15, 0.2) is 10.9 Å². The van der Waals surface area contributed by atoms with E-state index in [0.29, 0.717) is 48.7 Å². The lowest BCUT2D eigenvalue weighted by molar-refractivity contribution is 0.0994. The Bertz CT molecular complexity index is 1040. The molecule has 4 rings (SSSR count). The number of carbonyl (C=O) groups is 1. The van der Waals surface area contributed by atoms with Crippen LogP contribution in [0.3, 0.4) is 0 Å². The van der Waals surface area contributed by atoms with E-state index in [1.54, 1.807) is 18.2 Å². The maximum atomic E-state index is 14.0. The standard InChI is InChI=1S/C21H20BrFN4O2S/c1-14(19(28)15-5-7-16(22)8-6-15)30-21-25-24-20(26-9-11-29-12-10-26)27(21)18-4-2-3-17(23)13-18/h2-8,13-14H,9-12H2,1H3. The molecule has 0 aliphatic carbocycles. The zero-order chi connectivity index (χ0) is 21.1. The maximum absolute atomic E-state index is 14.0. The highest BCUT2D eigenvalue weighted by Crippen LogP contribution is 2.31. The lowest BCUT2D eigenvalue weighted by Crippen LogP contribution is -2.37. The third kappa shape index (κ3) is 4.58. The molecule has 0 radical (unpaired) electrons. The number of aromatic nitrogens is 3. The van der Waals surface area contributed by atoms with E-state index in [4.69, 9.17) is 4.74 Å². The number of anilines is 1. The van der Waals surface area contributed by atoms with Gasteiger partial charge in [0, 0.05) is 23.1 Å². The van der Waals surface area contributed by atoms with Crippen molar-refractivity contribution < 1.29 is 13.9 Å². The Hall–Kier alpha value is -2.23. The molecule has 1 atom stereocenters. The van der Waals surface area contributed by atoms with Crippen LogP contribution in [0.1, 0.15) is 17.3 Å². The van der Waals surface area contributed by atoms with Crippen molar-refractivity contribution in [1.29, 1.82) is 0 Å². The van der Waals surface area contributed by atoms with Crippen LogP contribution in [-0.4, -0.2) is 52.1 Å². The van der Waals surface area contributed by atoms with E-state index in [1.807, 2.05) is 29.7 Å². The van der Waals surface area contributed by atoms with Crippen LogP contribution in [0.2, 0.25) is 0 Å². The number of halogens is 2. The van der Waals surface area contributed by atoms with Crippen molar-refractivity contribution in [1.82, 2.24) is 14.8 Å². The van der Waals surface area contributed by atoms with Gasteiger partial charge in [-0.3, -0.25) is 9.36 Å². The highest BCUT2D eigenvalue weighted by atomic mass is 79.9. The minimum Gasteiger partial charge on any atom is -0.378 e. The van der Waals surface area contributed by atoms with Gasteiger partial charge in [0.25, 0.3) is 0 Å².